The molecule has 1 rings (SSSR count). The van der Waals surface area contributed by atoms with Gasteiger partial charge < -0.3 is 25.4 Å². The zero-order chi connectivity index (χ0) is 13.7. The van der Waals surface area contributed by atoms with E-state index in [-0.39, 0.29) is 18.2 Å². The summed E-state index contributed by atoms with van der Waals surface area (Å²) in [5, 5.41) is 19.4. The van der Waals surface area contributed by atoms with Gasteiger partial charge >= 0.3 is 5.97 Å². The van der Waals surface area contributed by atoms with Gasteiger partial charge in [0.2, 0.25) is 5.88 Å². The predicted molar refractivity (Wildman–Crippen MR) is 62.8 cm³/mol. The van der Waals surface area contributed by atoms with E-state index in [1.54, 1.807) is 6.92 Å². The van der Waals surface area contributed by atoms with Gasteiger partial charge in [-0.2, -0.15) is 0 Å². The van der Waals surface area contributed by atoms with Crippen molar-refractivity contribution in [2.75, 3.05) is 19.5 Å². The third kappa shape index (κ3) is 3.08. The average molecular weight is 256 g/mol. The average Bonchev–Trinajstić information content (AvgIpc) is 2.38. The van der Waals surface area contributed by atoms with E-state index in [4.69, 9.17) is 10.5 Å². The Morgan fingerprint density at radius 2 is 2.17 bits per heavy atom. The van der Waals surface area contributed by atoms with Crippen molar-refractivity contribution in [1.29, 1.82) is 0 Å². The lowest BCUT2D eigenvalue weighted by molar-refractivity contribution is -0.159. The van der Waals surface area contributed by atoms with E-state index in [1.165, 1.54) is 19.2 Å². The van der Waals surface area contributed by atoms with E-state index in [2.05, 4.69) is 9.72 Å². The van der Waals surface area contributed by atoms with Crippen LogP contribution >= 0.6 is 0 Å². The minimum Gasteiger partial charge on any atom is -0.480 e. The van der Waals surface area contributed by atoms with Crippen LogP contribution in [0.3, 0.4) is 0 Å². The number of hydrogen-bond acceptors (Lipinski definition) is 7. The number of aromatic nitrogens is 1. The first-order valence-corrected chi connectivity index (χ1v) is 5.34. The van der Waals surface area contributed by atoms with E-state index >= 15 is 0 Å². The van der Waals surface area contributed by atoms with Crippen molar-refractivity contribution in [3.05, 3.63) is 17.8 Å². The van der Waals surface area contributed by atoms with Gasteiger partial charge in [0, 0.05) is 0 Å². The van der Waals surface area contributed by atoms with Crippen LogP contribution in [-0.2, 0) is 9.53 Å². The molecule has 2 atom stereocenters. The van der Waals surface area contributed by atoms with Gasteiger partial charge in [0.25, 0.3) is 0 Å². The second-order valence-corrected chi connectivity index (χ2v) is 3.48. The number of nitrogens with two attached hydrogens (primary N) is 1. The topological polar surface area (TPSA) is 115 Å². The fourth-order valence-corrected chi connectivity index (χ4v) is 1.31. The second-order valence-electron chi connectivity index (χ2n) is 3.48. The number of aliphatic hydroxyl groups excluding tert-OH is 2. The van der Waals surface area contributed by atoms with E-state index in [0.717, 1.165) is 0 Å². The van der Waals surface area contributed by atoms with E-state index in [9.17, 15) is 15.0 Å². The lowest BCUT2D eigenvalue weighted by Gasteiger charge is -2.16. The van der Waals surface area contributed by atoms with Gasteiger partial charge in [-0.3, -0.25) is 0 Å². The summed E-state index contributed by atoms with van der Waals surface area (Å²) in [6, 6.07) is 2.85. The molecular formula is C11H16N2O5. The molecule has 1 aromatic rings. The van der Waals surface area contributed by atoms with Crippen molar-refractivity contribution in [2.24, 2.45) is 0 Å². The molecule has 0 aromatic carbocycles. The van der Waals surface area contributed by atoms with Gasteiger partial charge in [-0.1, -0.05) is 0 Å². The summed E-state index contributed by atoms with van der Waals surface area (Å²) < 4.78 is 9.47. The molecule has 7 heteroatoms. The molecule has 0 aliphatic rings. The van der Waals surface area contributed by atoms with Crippen LogP contribution in [-0.4, -0.2) is 41.0 Å². The highest BCUT2D eigenvalue weighted by molar-refractivity contribution is 5.75. The summed E-state index contributed by atoms with van der Waals surface area (Å²) in [4.78, 5) is 15.2. The highest BCUT2D eigenvalue weighted by Gasteiger charge is 2.28. The van der Waals surface area contributed by atoms with Crippen molar-refractivity contribution in [3.8, 4) is 5.88 Å². The van der Waals surface area contributed by atoms with Crippen molar-refractivity contribution in [3.63, 3.8) is 0 Å². The molecule has 1 aromatic heterocycles. The Bertz CT molecular complexity index is 424. The summed E-state index contributed by atoms with van der Waals surface area (Å²) in [6.45, 7) is 1.71. The SMILES string of the molecule is CCOC(=O)C(O)C(O)c1ccc(N)c(OC)n1. The quantitative estimate of drug-likeness (QED) is 0.615. The smallest absolute Gasteiger partial charge is 0.338 e. The number of ether oxygens (including phenoxy) is 2. The minimum atomic E-state index is -1.70. The Kier molecular flexibility index (Phi) is 4.87. The van der Waals surface area contributed by atoms with Gasteiger partial charge in [-0.25, -0.2) is 9.78 Å². The molecule has 2 unspecified atom stereocenters. The number of pyridine rings is 1. The summed E-state index contributed by atoms with van der Waals surface area (Å²) in [6.07, 6.45) is -3.20. The van der Waals surface area contributed by atoms with E-state index < -0.39 is 18.2 Å². The lowest BCUT2D eigenvalue weighted by Crippen LogP contribution is -2.30. The molecule has 0 spiro atoms. The molecule has 0 radical (unpaired) electrons. The van der Waals surface area contributed by atoms with Crippen molar-refractivity contribution in [2.45, 2.75) is 19.1 Å². The molecule has 0 aliphatic carbocycles. The summed E-state index contributed by atoms with van der Waals surface area (Å²) in [5.74, 6) is -0.801. The summed E-state index contributed by atoms with van der Waals surface area (Å²) in [5.41, 5.74) is 5.92. The fourth-order valence-electron chi connectivity index (χ4n) is 1.31. The first kappa shape index (κ1) is 14.2. The van der Waals surface area contributed by atoms with Crippen LogP contribution in [0.1, 0.15) is 18.7 Å². The number of rotatable bonds is 5. The van der Waals surface area contributed by atoms with Crippen molar-refractivity contribution in [1.82, 2.24) is 4.98 Å². The maximum absolute atomic E-state index is 11.3. The number of nitrogens with zero attached hydrogens (tertiary/aromatic N) is 1. The zero-order valence-corrected chi connectivity index (χ0v) is 10.2. The number of carbonyl (C=O) groups is 1. The number of hydrogen-bond donors (Lipinski definition) is 3. The Morgan fingerprint density at radius 3 is 2.72 bits per heavy atom. The Labute approximate surface area is 104 Å². The molecule has 0 aliphatic heterocycles. The molecule has 1 heterocycles. The number of carbonyl (C=O) groups excluding carboxylic acids is 1. The third-order valence-corrected chi connectivity index (χ3v) is 2.23. The lowest BCUT2D eigenvalue weighted by atomic mass is 10.1. The van der Waals surface area contributed by atoms with Crippen LogP contribution in [0.4, 0.5) is 5.69 Å². The standard InChI is InChI=1S/C11H16N2O5/c1-3-18-11(16)9(15)8(14)7-5-4-6(12)10(13-7)17-2/h4-5,8-9,14-15H,3,12H2,1-2H3. The maximum Gasteiger partial charge on any atom is 0.338 e. The molecule has 0 bridgehead atoms. The van der Waals surface area contributed by atoms with Gasteiger partial charge in [0.05, 0.1) is 25.1 Å². The second kappa shape index (κ2) is 6.18. The predicted octanol–water partition coefficient (Wildman–Crippen LogP) is -0.370. The molecule has 100 valence electrons. The van der Waals surface area contributed by atoms with Gasteiger partial charge in [0.15, 0.2) is 6.10 Å². The highest BCUT2D eigenvalue weighted by atomic mass is 16.5. The number of anilines is 1. The van der Waals surface area contributed by atoms with Crippen LogP contribution in [0.5, 0.6) is 5.88 Å². The van der Waals surface area contributed by atoms with Crippen LogP contribution in [0.25, 0.3) is 0 Å². The first-order chi connectivity index (χ1) is 8.51. The molecular weight excluding hydrogens is 240 g/mol. The number of esters is 1. The molecule has 0 saturated heterocycles. The van der Waals surface area contributed by atoms with E-state index in [0.29, 0.717) is 5.69 Å². The van der Waals surface area contributed by atoms with Crippen molar-refractivity contribution < 1.29 is 24.5 Å². The normalized spacial score (nSPS) is 13.8. The monoisotopic (exact) mass is 256 g/mol. The zero-order valence-electron chi connectivity index (χ0n) is 10.2. The molecule has 18 heavy (non-hydrogen) atoms. The third-order valence-electron chi connectivity index (χ3n) is 2.23. The van der Waals surface area contributed by atoms with Crippen LogP contribution < -0.4 is 10.5 Å². The highest BCUT2D eigenvalue weighted by Crippen LogP contribution is 2.23. The fraction of sp³-hybridized carbons (Fsp3) is 0.455. The summed E-state index contributed by atoms with van der Waals surface area (Å²) in [7, 11) is 1.37. The van der Waals surface area contributed by atoms with Crippen LogP contribution in [0, 0.1) is 0 Å². The minimum absolute atomic E-state index is 0.0709. The van der Waals surface area contributed by atoms with Crippen molar-refractivity contribution >= 4 is 11.7 Å². The Hall–Kier alpha value is -1.86. The molecule has 7 nitrogen and oxygen atoms in total. The number of nitrogen functional groups attached to an aromatic ring is 1. The number of methoxy groups -OCH3 is 1. The van der Waals surface area contributed by atoms with Gasteiger partial charge in [-0.05, 0) is 19.1 Å². The maximum atomic E-state index is 11.3. The van der Waals surface area contributed by atoms with Crippen LogP contribution in [0.15, 0.2) is 12.1 Å². The Morgan fingerprint density at radius 1 is 1.50 bits per heavy atom. The molecule has 0 fully saturated rings. The Balaban J connectivity index is 2.89. The summed E-state index contributed by atoms with van der Waals surface area (Å²) >= 11 is 0. The van der Waals surface area contributed by atoms with Gasteiger partial charge in [0.1, 0.15) is 6.10 Å². The number of aliphatic hydroxyl groups is 2. The largest absolute Gasteiger partial charge is 0.480 e. The molecule has 4 N–H and O–H groups in total. The van der Waals surface area contributed by atoms with Gasteiger partial charge in [-0.15, -0.1) is 0 Å². The molecule has 0 saturated carbocycles. The van der Waals surface area contributed by atoms with E-state index in [1.807, 2.05) is 0 Å². The van der Waals surface area contributed by atoms with Crippen LogP contribution in [0.2, 0.25) is 0 Å². The molecule has 0 amide bonds. The first-order valence-electron chi connectivity index (χ1n) is 5.34.